The highest BCUT2D eigenvalue weighted by atomic mass is 35.5. The van der Waals surface area contributed by atoms with E-state index < -0.39 is 31.7 Å². The molecule has 0 fully saturated rings. The summed E-state index contributed by atoms with van der Waals surface area (Å²) in [6.45, 7) is 0. The van der Waals surface area contributed by atoms with Crippen LogP contribution in [-0.2, 0) is 16.2 Å². The molecule has 26 heavy (non-hydrogen) atoms. The summed E-state index contributed by atoms with van der Waals surface area (Å²) in [4.78, 5) is 11.0. The van der Waals surface area contributed by atoms with Crippen LogP contribution in [0.1, 0.15) is 5.56 Å². The first-order valence-corrected chi connectivity index (χ1v) is 8.61. The average Bonchev–Trinajstić information content (AvgIpc) is 3.02. The van der Waals surface area contributed by atoms with Crippen LogP contribution < -0.4 is 4.72 Å². The quantitative estimate of drug-likeness (QED) is 0.716. The number of sulfonamides is 1. The van der Waals surface area contributed by atoms with Crippen molar-refractivity contribution >= 4 is 27.6 Å². The van der Waals surface area contributed by atoms with Crippen LogP contribution >= 0.6 is 11.6 Å². The lowest BCUT2D eigenvalue weighted by Gasteiger charge is -2.11. The number of hydrogen-bond acceptors (Lipinski definition) is 6. The van der Waals surface area contributed by atoms with Crippen molar-refractivity contribution in [1.29, 1.82) is 0 Å². The Morgan fingerprint density at radius 3 is 2.42 bits per heavy atom. The van der Waals surface area contributed by atoms with E-state index in [1.54, 1.807) is 6.07 Å². The van der Waals surface area contributed by atoms with Crippen LogP contribution in [0.5, 0.6) is 0 Å². The zero-order chi connectivity index (χ0) is 18.9. The first kappa shape index (κ1) is 18.1. The number of aromatic nitrogens is 5. The molecule has 2 aromatic heterocycles. The fourth-order valence-electron chi connectivity index (χ4n) is 1.93. The Labute approximate surface area is 149 Å². The van der Waals surface area contributed by atoms with Gasteiger partial charge in [0.1, 0.15) is 11.2 Å². The Hall–Kier alpha value is -2.73. The van der Waals surface area contributed by atoms with Gasteiger partial charge in [-0.1, -0.05) is 11.6 Å². The second kappa shape index (κ2) is 6.53. The number of rotatable bonds is 4. The molecule has 8 nitrogen and oxygen atoms in total. The summed E-state index contributed by atoms with van der Waals surface area (Å²) in [7, 11) is -4.33. The van der Waals surface area contributed by atoms with Gasteiger partial charge >= 0.3 is 6.18 Å². The highest BCUT2D eigenvalue weighted by Gasteiger charge is 2.32. The molecule has 3 rings (SSSR count). The normalized spacial score (nSPS) is 12.2. The van der Waals surface area contributed by atoms with Crippen LogP contribution in [0.4, 0.5) is 19.1 Å². The van der Waals surface area contributed by atoms with Crippen molar-refractivity contribution < 1.29 is 21.6 Å². The molecule has 1 aromatic carbocycles. The lowest BCUT2D eigenvalue weighted by Crippen LogP contribution is -2.18. The summed E-state index contributed by atoms with van der Waals surface area (Å²) >= 11 is 5.73. The molecule has 3 aromatic rings. The highest BCUT2D eigenvalue weighted by Crippen LogP contribution is 2.33. The number of nitrogens with zero attached hydrogens (tertiary/aromatic N) is 5. The van der Waals surface area contributed by atoms with Gasteiger partial charge in [-0.05, 0) is 24.3 Å². The molecule has 0 spiro atoms. The van der Waals surface area contributed by atoms with Crippen molar-refractivity contribution in [2.75, 3.05) is 4.72 Å². The van der Waals surface area contributed by atoms with Crippen molar-refractivity contribution in [3.8, 4) is 5.95 Å². The monoisotopic (exact) mass is 404 g/mol. The van der Waals surface area contributed by atoms with Crippen LogP contribution in [0.15, 0.2) is 47.9 Å². The fraction of sp³-hybridized carbons (Fsp3) is 0.0769. The van der Waals surface area contributed by atoms with Crippen molar-refractivity contribution in [1.82, 2.24) is 24.7 Å². The Bertz CT molecular complexity index is 1040. The van der Waals surface area contributed by atoms with Gasteiger partial charge in [-0.3, -0.25) is 0 Å². The summed E-state index contributed by atoms with van der Waals surface area (Å²) in [5, 5.41) is 3.22. The maximum absolute atomic E-state index is 12.7. The first-order chi connectivity index (χ1) is 12.2. The van der Waals surface area contributed by atoms with Gasteiger partial charge in [0.25, 0.3) is 16.0 Å². The summed E-state index contributed by atoms with van der Waals surface area (Å²) in [6, 6.07) is 3.45. The van der Waals surface area contributed by atoms with Crippen molar-refractivity contribution in [2.45, 2.75) is 11.1 Å². The molecule has 13 heteroatoms. The number of alkyl halides is 3. The van der Waals surface area contributed by atoms with Crippen molar-refractivity contribution in [3.63, 3.8) is 0 Å². The standard InChI is InChI=1S/C13H8ClF3N6O2S/c14-9-6-8(13(15,16)17)2-3-10(9)26(24,25)22-12-20-7-21-23(12)11-18-4-1-5-19-11/h1-7H,(H,20,21,22). The summed E-state index contributed by atoms with van der Waals surface area (Å²) in [5.41, 5.74) is -1.07. The maximum atomic E-state index is 12.7. The van der Waals surface area contributed by atoms with Crippen LogP contribution in [0.3, 0.4) is 0 Å². The minimum Gasteiger partial charge on any atom is -0.247 e. The predicted octanol–water partition coefficient (Wildman–Crippen LogP) is 2.53. The van der Waals surface area contributed by atoms with Crippen molar-refractivity contribution in [3.05, 3.63) is 53.6 Å². The third kappa shape index (κ3) is 3.60. The van der Waals surface area contributed by atoms with E-state index in [4.69, 9.17) is 11.6 Å². The molecule has 0 saturated heterocycles. The topological polar surface area (TPSA) is 103 Å². The van der Waals surface area contributed by atoms with Gasteiger partial charge in [-0.25, -0.2) is 23.1 Å². The number of nitrogens with one attached hydrogen (secondary N) is 1. The molecule has 0 amide bonds. The van der Waals surface area contributed by atoms with Crippen LogP contribution in [0.25, 0.3) is 5.95 Å². The van der Waals surface area contributed by atoms with Crippen LogP contribution in [0.2, 0.25) is 5.02 Å². The van der Waals surface area contributed by atoms with E-state index in [2.05, 4.69) is 24.8 Å². The van der Waals surface area contributed by atoms with E-state index in [0.717, 1.165) is 17.1 Å². The summed E-state index contributed by atoms with van der Waals surface area (Å²) in [6.07, 6.45) is -0.767. The number of hydrogen-bond donors (Lipinski definition) is 1. The molecule has 2 heterocycles. The second-order valence-corrected chi connectivity index (χ2v) is 6.85. The highest BCUT2D eigenvalue weighted by molar-refractivity contribution is 7.92. The lowest BCUT2D eigenvalue weighted by atomic mass is 10.2. The molecule has 136 valence electrons. The summed E-state index contributed by atoms with van der Waals surface area (Å²) in [5.74, 6) is -0.214. The Morgan fingerprint density at radius 2 is 1.81 bits per heavy atom. The van der Waals surface area contributed by atoms with Gasteiger partial charge < -0.3 is 0 Å². The van der Waals surface area contributed by atoms with Gasteiger partial charge in [0.15, 0.2) is 0 Å². The van der Waals surface area contributed by atoms with E-state index >= 15 is 0 Å². The molecule has 0 aliphatic carbocycles. The molecular weight excluding hydrogens is 397 g/mol. The molecular formula is C13H8ClF3N6O2S. The predicted molar refractivity (Wildman–Crippen MR) is 84.2 cm³/mol. The molecule has 0 atom stereocenters. The van der Waals surface area contributed by atoms with E-state index in [1.807, 2.05) is 0 Å². The van der Waals surface area contributed by atoms with E-state index in [1.165, 1.54) is 12.4 Å². The first-order valence-electron chi connectivity index (χ1n) is 6.75. The van der Waals surface area contributed by atoms with Crippen molar-refractivity contribution in [2.24, 2.45) is 0 Å². The van der Waals surface area contributed by atoms with Crippen LogP contribution in [0, 0.1) is 0 Å². The van der Waals surface area contributed by atoms with Crippen LogP contribution in [-0.4, -0.2) is 33.2 Å². The smallest absolute Gasteiger partial charge is 0.247 e. The minimum atomic E-state index is -4.65. The number of anilines is 1. The van der Waals surface area contributed by atoms with E-state index in [-0.39, 0.29) is 11.9 Å². The molecule has 0 radical (unpaired) electrons. The third-order valence-corrected chi connectivity index (χ3v) is 4.87. The molecule has 0 unspecified atom stereocenters. The molecule has 0 bridgehead atoms. The lowest BCUT2D eigenvalue weighted by molar-refractivity contribution is -0.137. The maximum Gasteiger partial charge on any atom is 0.416 e. The van der Waals surface area contributed by atoms with E-state index in [0.29, 0.717) is 12.1 Å². The molecule has 0 aliphatic heterocycles. The van der Waals surface area contributed by atoms with Gasteiger partial charge in [0.2, 0.25) is 5.95 Å². The largest absolute Gasteiger partial charge is 0.416 e. The third-order valence-electron chi connectivity index (χ3n) is 3.06. The SMILES string of the molecule is O=S(=O)(Nc1ncnn1-c1ncccn1)c1ccc(C(F)(F)F)cc1Cl. The summed E-state index contributed by atoms with van der Waals surface area (Å²) < 4.78 is 66.1. The molecule has 0 aliphatic rings. The molecule has 1 N–H and O–H groups in total. The minimum absolute atomic E-state index is 0.0428. The van der Waals surface area contributed by atoms with E-state index in [9.17, 15) is 21.6 Å². The van der Waals surface area contributed by atoms with Gasteiger partial charge in [0.05, 0.1) is 10.6 Å². The fourth-order valence-corrected chi connectivity index (χ4v) is 3.47. The zero-order valence-corrected chi connectivity index (χ0v) is 14.1. The Kier molecular flexibility index (Phi) is 4.54. The molecule has 0 saturated carbocycles. The second-order valence-electron chi connectivity index (χ2n) is 4.79. The van der Waals surface area contributed by atoms with Gasteiger partial charge in [-0.2, -0.15) is 27.9 Å². The average molecular weight is 405 g/mol. The number of halogens is 4. The zero-order valence-electron chi connectivity index (χ0n) is 12.5. The van der Waals surface area contributed by atoms with Gasteiger partial charge in [0, 0.05) is 12.4 Å². The Balaban J connectivity index is 1.95. The Morgan fingerprint density at radius 1 is 1.12 bits per heavy atom. The van der Waals surface area contributed by atoms with Gasteiger partial charge in [-0.15, -0.1) is 0 Å². The number of benzene rings is 1.